The molecule has 1 aromatic rings. The molecule has 1 aromatic heterocycles. The molecule has 1 rings (SSSR count). The van der Waals surface area contributed by atoms with Crippen molar-refractivity contribution in [2.45, 2.75) is 47.0 Å². The Morgan fingerprint density at radius 1 is 1.38 bits per heavy atom. The molecule has 1 heterocycles. The minimum Gasteiger partial charge on any atom is -0.462 e. The summed E-state index contributed by atoms with van der Waals surface area (Å²) in [6, 6.07) is 0. The minimum absolute atomic E-state index is 0.167. The van der Waals surface area contributed by atoms with Crippen LogP contribution in [0.15, 0.2) is 0 Å². The number of hydrogen-bond acceptors (Lipinski definition) is 3. The second-order valence-electron chi connectivity index (χ2n) is 4.05. The SMILES string of the molecule is CCOC(=O)c1c(C(C)CC)sc(C)c1C. The minimum atomic E-state index is -0.167. The first kappa shape index (κ1) is 13.2. The number of rotatable bonds is 4. The first-order chi connectivity index (χ1) is 7.52. The van der Waals surface area contributed by atoms with Crippen LogP contribution in [0, 0.1) is 13.8 Å². The standard InChI is InChI=1S/C13H20O2S/c1-6-8(3)12-11(13(14)15-7-2)9(4)10(5)16-12/h8H,6-7H2,1-5H3. The van der Waals surface area contributed by atoms with Gasteiger partial charge in [-0.15, -0.1) is 11.3 Å². The molecule has 2 nitrogen and oxygen atoms in total. The highest BCUT2D eigenvalue weighted by molar-refractivity contribution is 7.12. The second-order valence-corrected chi connectivity index (χ2v) is 5.31. The molecule has 90 valence electrons. The molecule has 0 aromatic carbocycles. The highest BCUT2D eigenvalue weighted by Crippen LogP contribution is 2.35. The van der Waals surface area contributed by atoms with Gasteiger partial charge in [0.2, 0.25) is 0 Å². The van der Waals surface area contributed by atoms with E-state index in [1.165, 1.54) is 9.75 Å². The topological polar surface area (TPSA) is 26.3 Å². The van der Waals surface area contributed by atoms with Crippen LogP contribution in [0.4, 0.5) is 0 Å². The van der Waals surface area contributed by atoms with E-state index in [1.54, 1.807) is 11.3 Å². The first-order valence-electron chi connectivity index (χ1n) is 5.79. The maximum absolute atomic E-state index is 11.9. The zero-order valence-corrected chi connectivity index (χ0v) is 11.5. The van der Waals surface area contributed by atoms with Crippen molar-refractivity contribution in [1.82, 2.24) is 0 Å². The summed E-state index contributed by atoms with van der Waals surface area (Å²) in [5.41, 5.74) is 1.89. The summed E-state index contributed by atoms with van der Waals surface area (Å²) in [6.45, 7) is 10.7. The smallest absolute Gasteiger partial charge is 0.339 e. The third-order valence-electron chi connectivity index (χ3n) is 2.95. The quantitative estimate of drug-likeness (QED) is 0.742. The molecule has 1 unspecified atom stereocenters. The summed E-state index contributed by atoms with van der Waals surface area (Å²) in [5, 5.41) is 0. The van der Waals surface area contributed by atoms with Gasteiger partial charge in [-0.25, -0.2) is 4.79 Å². The number of carbonyl (C=O) groups is 1. The van der Waals surface area contributed by atoms with Crippen LogP contribution in [0.3, 0.4) is 0 Å². The van der Waals surface area contributed by atoms with Crippen LogP contribution in [-0.4, -0.2) is 12.6 Å². The van der Waals surface area contributed by atoms with Gasteiger partial charge in [0, 0.05) is 9.75 Å². The number of aryl methyl sites for hydroxylation is 1. The third kappa shape index (κ3) is 2.46. The molecular weight excluding hydrogens is 220 g/mol. The van der Waals surface area contributed by atoms with Gasteiger partial charge in [-0.3, -0.25) is 0 Å². The third-order valence-corrected chi connectivity index (χ3v) is 4.39. The average Bonchev–Trinajstić information content (AvgIpc) is 2.55. The van der Waals surface area contributed by atoms with Crippen molar-refractivity contribution < 1.29 is 9.53 Å². The molecule has 3 heteroatoms. The summed E-state index contributed by atoms with van der Waals surface area (Å²) in [7, 11) is 0. The van der Waals surface area contributed by atoms with E-state index < -0.39 is 0 Å². The van der Waals surface area contributed by atoms with Gasteiger partial charge in [-0.2, -0.15) is 0 Å². The van der Waals surface area contributed by atoms with Gasteiger partial charge in [-0.1, -0.05) is 13.8 Å². The Balaban J connectivity index is 3.18. The largest absolute Gasteiger partial charge is 0.462 e. The highest BCUT2D eigenvalue weighted by atomic mass is 32.1. The van der Waals surface area contributed by atoms with Gasteiger partial charge >= 0.3 is 5.97 Å². The Labute approximate surface area is 102 Å². The molecule has 0 amide bonds. The summed E-state index contributed by atoms with van der Waals surface area (Å²) in [6.07, 6.45) is 1.05. The van der Waals surface area contributed by atoms with E-state index in [0.29, 0.717) is 12.5 Å². The maximum Gasteiger partial charge on any atom is 0.339 e. The summed E-state index contributed by atoms with van der Waals surface area (Å²) < 4.78 is 5.13. The van der Waals surface area contributed by atoms with Crippen molar-refractivity contribution in [3.63, 3.8) is 0 Å². The first-order valence-corrected chi connectivity index (χ1v) is 6.61. The fourth-order valence-electron chi connectivity index (χ4n) is 1.64. The van der Waals surface area contributed by atoms with Crippen LogP contribution in [0.2, 0.25) is 0 Å². The average molecular weight is 240 g/mol. The van der Waals surface area contributed by atoms with E-state index in [0.717, 1.165) is 17.5 Å². The summed E-state index contributed by atoms with van der Waals surface area (Å²) in [5.74, 6) is 0.261. The van der Waals surface area contributed by atoms with Crippen molar-refractivity contribution in [2.75, 3.05) is 6.61 Å². The number of thiophene rings is 1. The molecule has 0 radical (unpaired) electrons. The van der Waals surface area contributed by atoms with Gasteiger partial charge in [-0.05, 0) is 38.7 Å². The fourth-order valence-corrected chi connectivity index (χ4v) is 2.93. The zero-order chi connectivity index (χ0) is 12.3. The Morgan fingerprint density at radius 2 is 2.00 bits per heavy atom. The molecule has 0 fully saturated rings. The maximum atomic E-state index is 11.9. The fraction of sp³-hybridized carbons (Fsp3) is 0.615. The van der Waals surface area contributed by atoms with Gasteiger partial charge in [0.1, 0.15) is 0 Å². The monoisotopic (exact) mass is 240 g/mol. The molecule has 1 atom stereocenters. The molecule has 0 saturated heterocycles. The lowest BCUT2D eigenvalue weighted by atomic mass is 10.0. The molecule has 0 spiro atoms. The van der Waals surface area contributed by atoms with Crippen LogP contribution in [0.5, 0.6) is 0 Å². The van der Waals surface area contributed by atoms with E-state index in [2.05, 4.69) is 20.8 Å². The van der Waals surface area contributed by atoms with Crippen LogP contribution >= 0.6 is 11.3 Å². The molecule has 16 heavy (non-hydrogen) atoms. The normalized spacial score (nSPS) is 12.6. The molecule has 0 bridgehead atoms. The Bertz CT molecular complexity index is 380. The van der Waals surface area contributed by atoms with Crippen LogP contribution < -0.4 is 0 Å². The van der Waals surface area contributed by atoms with E-state index in [9.17, 15) is 4.79 Å². The van der Waals surface area contributed by atoms with Gasteiger partial charge in [0.15, 0.2) is 0 Å². The Kier molecular flexibility index (Phi) is 4.54. The molecule has 0 N–H and O–H groups in total. The summed E-state index contributed by atoms with van der Waals surface area (Å²) in [4.78, 5) is 14.3. The number of esters is 1. The predicted octanol–water partition coefficient (Wildman–Crippen LogP) is 4.06. The van der Waals surface area contributed by atoms with Gasteiger partial charge in [0.05, 0.1) is 12.2 Å². The molecule has 0 saturated carbocycles. The van der Waals surface area contributed by atoms with Crippen molar-refractivity contribution in [1.29, 1.82) is 0 Å². The Morgan fingerprint density at radius 3 is 2.50 bits per heavy atom. The van der Waals surface area contributed by atoms with Crippen molar-refractivity contribution >= 4 is 17.3 Å². The zero-order valence-electron chi connectivity index (χ0n) is 10.7. The van der Waals surface area contributed by atoms with Crippen LogP contribution in [0.1, 0.15) is 58.8 Å². The van der Waals surface area contributed by atoms with Crippen molar-refractivity contribution in [3.05, 3.63) is 20.9 Å². The molecule has 0 aliphatic carbocycles. The van der Waals surface area contributed by atoms with Gasteiger partial charge in [0.25, 0.3) is 0 Å². The van der Waals surface area contributed by atoms with Crippen molar-refractivity contribution in [2.24, 2.45) is 0 Å². The lowest BCUT2D eigenvalue weighted by molar-refractivity contribution is 0.0524. The van der Waals surface area contributed by atoms with Crippen molar-refractivity contribution in [3.8, 4) is 0 Å². The molecular formula is C13H20O2S. The number of carbonyl (C=O) groups excluding carboxylic acids is 1. The van der Waals surface area contributed by atoms with Crippen LogP contribution in [0.25, 0.3) is 0 Å². The second kappa shape index (κ2) is 5.48. The number of ether oxygens (including phenoxy) is 1. The molecule has 0 aliphatic rings. The summed E-state index contributed by atoms with van der Waals surface area (Å²) >= 11 is 1.73. The van der Waals surface area contributed by atoms with E-state index >= 15 is 0 Å². The van der Waals surface area contributed by atoms with Gasteiger partial charge < -0.3 is 4.74 Å². The van der Waals surface area contributed by atoms with Crippen LogP contribution in [-0.2, 0) is 4.74 Å². The lowest BCUT2D eigenvalue weighted by Crippen LogP contribution is -2.08. The van der Waals surface area contributed by atoms with E-state index in [-0.39, 0.29) is 5.97 Å². The Hall–Kier alpha value is -0.830. The highest BCUT2D eigenvalue weighted by Gasteiger charge is 2.22. The lowest BCUT2D eigenvalue weighted by Gasteiger charge is -2.09. The predicted molar refractivity (Wildman–Crippen MR) is 68.5 cm³/mol. The van der Waals surface area contributed by atoms with E-state index in [1.807, 2.05) is 13.8 Å². The molecule has 0 aliphatic heterocycles. The number of hydrogen-bond donors (Lipinski definition) is 0. The van der Waals surface area contributed by atoms with E-state index in [4.69, 9.17) is 4.74 Å².